The zero-order chi connectivity index (χ0) is 13.5. The first-order valence-corrected chi connectivity index (χ1v) is 7.40. The van der Waals surface area contributed by atoms with Gasteiger partial charge in [0.1, 0.15) is 0 Å². The van der Waals surface area contributed by atoms with Gasteiger partial charge in [0.2, 0.25) is 0 Å². The Hall–Kier alpha value is -1.95. The lowest BCUT2D eigenvalue weighted by Crippen LogP contribution is -1.92. The quantitative estimate of drug-likeness (QED) is 0.471. The van der Waals surface area contributed by atoms with E-state index in [1.165, 1.54) is 8.96 Å². The van der Waals surface area contributed by atoms with Crippen molar-refractivity contribution in [3.8, 4) is 11.4 Å². The van der Waals surface area contributed by atoms with Gasteiger partial charge in [-0.15, -0.1) is 10.2 Å². The SMILES string of the molecule is Ic1ccc2ccc3nnc(-c4ccccc4)n3c2c1. The Morgan fingerprint density at radius 1 is 0.850 bits per heavy atom. The van der Waals surface area contributed by atoms with Crippen molar-refractivity contribution < 1.29 is 0 Å². The first kappa shape index (κ1) is 11.8. The number of rotatable bonds is 1. The van der Waals surface area contributed by atoms with Gasteiger partial charge >= 0.3 is 0 Å². The molecule has 0 atom stereocenters. The summed E-state index contributed by atoms with van der Waals surface area (Å²) < 4.78 is 3.32. The Morgan fingerprint density at radius 3 is 2.50 bits per heavy atom. The summed E-state index contributed by atoms with van der Waals surface area (Å²) >= 11 is 2.33. The third kappa shape index (κ3) is 1.79. The van der Waals surface area contributed by atoms with Gasteiger partial charge in [-0.3, -0.25) is 4.40 Å². The maximum Gasteiger partial charge on any atom is 0.168 e. The summed E-state index contributed by atoms with van der Waals surface area (Å²) in [5, 5.41) is 9.83. The van der Waals surface area contributed by atoms with Crippen LogP contribution in [0.25, 0.3) is 27.9 Å². The highest BCUT2D eigenvalue weighted by Gasteiger charge is 2.10. The highest BCUT2D eigenvalue weighted by Crippen LogP contribution is 2.24. The van der Waals surface area contributed by atoms with Gasteiger partial charge in [-0.1, -0.05) is 36.4 Å². The molecule has 2 aromatic heterocycles. The highest BCUT2D eigenvalue weighted by atomic mass is 127. The molecule has 0 amide bonds. The van der Waals surface area contributed by atoms with Crippen LogP contribution in [0.1, 0.15) is 0 Å². The summed E-state index contributed by atoms with van der Waals surface area (Å²) in [5.41, 5.74) is 3.09. The van der Waals surface area contributed by atoms with Crippen molar-refractivity contribution in [2.24, 2.45) is 0 Å². The molecule has 3 nitrogen and oxygen atoms in total. The Labute approximate surface area is 129 Å². The van der Waals surface area contributed by atoms with Crippen molar-refractivity contribution in [3.05, 3.63) is 64.2 Å². The average molecular weight is 371 g/mol. The van der Waals surface area contributed by atoms with E-state index in [2.05, 4.69) is 73.6 Å². The third-order valence-electron chi connectivity index (χ3n) is 3.37. The second-order valence-corrected chi connectivity index (χ2v) is 5.87. The second kappa shape index (κ2) is 4.56. The number of nitrogens with zero attached hydrogens (tertiary/aromatic N) is 3. The van der Waals surface area contributed by atoms with Crippen molar-refractivity contribution in [2.45, 2.75) is 0 Å². The standard InChI is InChI=1S/C16H10IN3/c17-13-8-6-11-7-9-15-18-19-16(20(15)14(11)10-13)12-4-2-1-3-5-12/h1-10H. The summed E-state index contributed by atoms with van der Waals surface area (Å²) in [6.07, 6.45) is 0. The van der Waals surface area contributed by atoms with Gasteiger partial charge < -0.3 is 0 Å². The van der Waals surface area contributed by atoms with Crippen LogP contribution in [-0.2, 0) is 0 Å². The van der Waals surface area contributed by atoms with Crippen LogP contribution in [0, 0.1) is 3.57 Å². The molecule has 20 heavy (non-hydrogen) atoms. The van der Waals surface area contributed by atoms with E-state index in [1.54, 1.807) is 0 Å². The Balaban J connectivity index is 2.15. The van der Waals surface area contributed by atoms with Crippen LogP contribution in [-0.4, -0.2) is 14.6 Å². The first-order chi connectivity index (χ1) is 9.83. The van der Waals surface area contributed by atoms with Gasteiger partial charge in [0.05, 0.1) is 5.52 Å². The van der Waals surface area contributed by atoms with Gasteiger partial charge in [0.15, 0.2) is 11.5 Å². The molecule has 4 rings (SSSR count). The van der Waals surface area contributed by atoms with E-state index in [9.17, 15) is 0 Å². The van der Waals surface area contributed by atoms with E-state index < -0.39 is 0 Å². The van der Waals surface area contributed by atoms with Crippen LogP contribution in [0.2, 0.25) is 0 Å². The summed E-state index contributed by atoms with van der Waals surface area (Å²) in [5.74, 6) is 0.883. The largest absolute Gasteiger partial charge is 0.275 e. The number of pyridine rings is 1. The molecular weight excluding hydrogens is 361 g/mol. The van der Waals surface area contributed by atoms with E-state index in [1.807, 2.05) is 24.3 Å². The predicted molar refractivity (Wildman–Crippen MR) is 88.6 cm³/mol. The molecular formula is C16H10IN3. The Bertz CT molecular complexity index is 913. The minimum absolute atomic E-state index is 0.873. The van der Waals surface area contributed by atoms with Gasteiger partial charge in [-0.25, -0.2) is 0 Å². The fourth-order valence-corrected chi connectivity index (χ4v) is 2.91. The van der Waals surface area contributed by atoms with Crippen LogP contribution in [0.3, 0.4) is 0 Å². The topological polar surface area (TPSA) is 30.2 Å². The second-order valence-electron chi connectivity index (χ2n) is 4.62. The fourth-order valence-electron chi connectivity index (χ4n) is 2.43. The van der Waals surface area contributed by atoms with Crippen molar-refractivity contribution >= 4 is 39.1 Å². The number of benzene rings is 2. The number of aromatic nitrogens is 3. The van der Waals surface area contributed by atoms with Crippen molar-refractivity contribution in [3.63, 3.8) is 0 Å². The molecule has 2 aromatic carbocycles. The lowest BCUT2D eigenvalue weighted by atomic mass is 10.2. The van der Waals surface area contributed by atoms with E-state index in [0.29, 0.717) is 0 Å². The van der Waals surface area contributed by atoms with Crippen LogP contribution < -0.4 is 0 Å². The zero-order valence-corrected chi connectivity index (χ0v) is 12.7. The normalized spacial score (nSPS) is 11.2. The van der Waals surface area contributed by atoms with Gasteiger partial charge in [-0.2, -0.15) is 0 Å². The molecule has 96 valence electrons. The van der Waals surface area contributed by atoms with Gasteiger partial charge in [0, 0.05) is 9.13 Å². The molecule has 0 radical (unpaired) electrons. The molecule has 0 spiro atoms. The van der Waals surface area contributed by atoms with E-state index in [4.69, 9.17) is 0 Å². The van der Waals surface area contributed by atoms with Crippen molar-refractivity contribution in [1.29, 1.82) is 0 Å². The highest BCUT2D eigenvalue weighted by molar-refractivity contribution is 14.1. The molecule has 0 fully saturated rings. The molecule has 0 saturated carbocycles. The van der Waals surface area contributed by atoms with Crippen LogP contribution in [0.15, 0.2) is 60.7 Å². The molecule has 0 aliphatic heterocycles. The van der Waals surface area contributed by atoms with E-state index in [0.717, 1.165) is 22.6 Å². The minimum Gasteiger partial charge on any atom is -0.275 e. The molecule has 0 bridgehead atoms. The summed E-state index contributed by atoms with van der Waals surface area (Å²) in [7, 11) is 0. The number of halogens is 1. The molecule has 0 N–H and O–H groups in total. The number of hydrogen-bond acceptors (Lipinski definition) is 2. The zero-order valence-electron chi connectivity index (χ0n) is 10.5. The average Bonchev–Trinajstić information content (AvgIpc) is 2.92. The molecule has 4 heteroatoms. The monoisotopic (exact) mass is 371 g/mol. The molecule has 4 aromatic rings. The van der Waals surface area contributed by atoms with Gasteiger partial charge in [-0.05, 0) is 52.2 Å². The smallest absolute Gasteiger partial charge is 0.168 e. The summed E-state index contributed by atoms with van der Waals surface area (Å²) in [4.78, 5) is 0. The Morgan fingerprint density at radius 2 is 1.65 bits per heavy atom. The molecule has 0 aliphatic rings. The number of fused-ring (bicyclic) bond motifs is 3. The summed E-state index contributed by atoms with van der Waals surface area (Å²) in [6.45, 7) is 0. The fraction of sp³-hybridized carbons (Fsp3) is 0. The number of hydrogen-bond donors (Lipinski definition) is 0. The molecule has 0 aliphatic carbocycles. The van der Waals surface area contributed by atoms with Crippen molar-refractivity contribution in [1.82, 2.24) is 14.6 Å². The summed E-state index contributed by atoms with van der Waals surface area (Å²) in [6, 6.07) is 20.7. The predicted octanol–water partition coefficient (Wildman–Crippen LogP) is 4.15. The van der Waals surface area contributed by atoms with Crippen LogP contribution in [0.4, 0.5) is 0 Å². The minimum atomic E-state index is 0.873. The molecule has 2 heterocycles. The maximum atomic E-state index is 4.36. The van der Waals surface area contributed by atoms with E-state index >= 15 is 0 Å². The van der Waals surface area contributed by atoms with E-state index in [-0.39, 0.29) is 0 Å². The Kier molecular flexibility index (Phi) is 2.70. The van der Waals surface area contributed by atoms with Crippen LogP contribution >= 0.6 is 22.6 Å². The van der Waals surface area contributed by atoms with Gasteiger partial charge in [0.25, 0.3) is 0 Å². The third-order valence-corrected chi connectivity index (χ3v) is 4.04. The first-order valence-electron chi connectivity index (χ1n) is 6.32. The lowest BCUT2D eigenvalue weighted by Gasteiger charge is -2.05. The molecule has 0 unspecified atom stereocenters. The molecule has 0 saturated heterocycles. The maximum absolute atomic E-state index is 4.36. The van der Waals surface area contributed by atoms with Crippen molar-refractivity contribution in [2.75, 3.05) is 0 Å². The lowest BCUT2D eigenvalue weighted by molar-refractivity contribution is 1.12. The van der Waals surface area contributed by atoms with Crippen LogP contribution in [0.5, 0.6) is 0 Å².